The van der Waals surface area contributed by atoms with Gasteiger partial charge in [0, 0.05) is 0 Å². The van der Waals surface area contributed by atoms with E-state index in [0.29, 0.717) is 10.9 Å². The van der Waals surface area contributed by atoms with Crippen LogP contribution in [0.5, 0.6) is 0 Å². The molecule has 1 heterocycles. The maximum absolute atomic E-state index is 6.07. The average molecular weight is 253 g/mol. The number of nitrogens with two attached hydrogens (primary N) is 1. The Morgan fingerprint density at radius 1 is 1.41 bits per heavy atom. The summed E-state index contributed by atoms with van der Waals surface area (Å²) in [7, 11) is 0. The second-order valence-corrected chi connectivity index (χ2v) is 4.20. The molecule has 2 rings (SSSR count). The molecule has 0 saturated heterocycles. The minimum absolute atomic E-state index is 0.286. The van der Waals surface area contributed by atoms with Crippen LogP contribution >= 0.6 is 11.6 Å². The Kier molecular flexibility index (Phi) is 3.31. The minimum Gasteiger partial charge on any atom is -0.406 e. The van der Waals surface area contributed by atoms with E-state index in [1.54, 1.807) is 13.0 Å². The van der Waals surface area contributed by atoms with Crippen molar-refractivity contribution in [1.29, 1.82) is 0 Å². The standard InChI is InChI=1S/C11H13ClN4O/c1-6-4-3-5-8(12)9(6)14-11-16-15-10(17-11)7(2)13/h3-5,7H,13H2,1-2H3,(H,14,16). The summed E-state index contributed by atoms with van der Waals surface area (Å²) in [6.07, 6.45) is 0. The van der Waals surface area contributed by atoms with Crippen LogP contribution in [0.15, 0.2) is 22.6 Å². The molecule has 0 aliphatic heterocycles. The van der Waals surface area contributed by atoms with Crippen LogP contribution in [0.3, 0.4) is 0 Å². The molecule has 1 atom stereocenters. The van der Waals surface area contributed by atoms with E-state index < -0.39 is 0 Å². The Morgan fingerprint density at radius 3 is 2.76 bits per heavy atom. The van der Waals surface area contributed by atoms with Gasteiger partial charge in [-0.2, -0.15) is 0 Å². The number of nitrogens with zero attached hydrogens (tertiary/aromatic N) is 2. The lowest BCUT2D eigenvalue weighted by Gasteiger charge is -2.07. The molecule has 2 aromatic rings. The van der Waals surface area contributed by atoms with E-state index in [0.717, 1.165) is 11.3 Å². The summed E-state index contributed by atoms with van der Waals surface area (Å²) < 4.78 is 5.34. The van der Waals surface area contributed by atoms with Crippen LogP contribution in [0, 0.1) is 6.92 Å². The fraction of sp³-hybridized carbons (Fsp3) is 0.273. The number of hydrogen-bond donors (Lipinski definition) is 2. The van der Waals surface area contributed by atoms with Gasteiger partial charge in [0.05, 0.1) is 16.8 Å². The van der Waals surface area contributed by atoms with Gasteiger partial charge in [0.15, 0.2) is 0 Å². The SMILES string of the molecule is Cc1cccc(Cl)c1Nc1nnc(C(C)N)o1. The Labute approximate surface area is 104 Å². The van der Waals surface area contributed by atoms with Gasteiger partial charge in [0.2, 0.25) is 5.89 Å². The highest BCUT2D eigenvalue weighted by molar-refractivity contribution is 6.33. The van der Waals surface area contributed by atoms with E-state index in [-0.39, 0.29) is 12.1 Å². The summed E-state index contributed by atoms with van der Waals surface area (Å²) >= 11 is 6.07. The zero-order valence-corrected chi connectivity index (χ0v) is 10.3. The van der Waals surface area contributed by atoms with Crippen molar-refractivity contribution < 1.29 is 4.42 Å². The van der Waals surface area contributed by atoms with Crippen LogP contribution in [-0.4, -0.2) is 10.2 Å². The molecule has 5 nitrogen and oxygen atoms in total. The summed E-state index contributed by atoms with van der Waals surface area (Å²) in [5.41, 5.74) is 7.39. The molecular formula is C11H13ClN4O. The summed E-state index contributed by atoms with van der Waals surface area (Å²) in [5, 5.41) is 11.3. The largest absolute Gasteiger partial charge is 0.406 e. The molecule has 90 valence electrons. The molecule has 0 aliphatic carbocycles. The number of aromatic nitrogens is 2. The number of hydrogen-bond acceptors (Lipinski definition) is 5. The molecule has 0 bridgehead atoms. The molecule has 0 amide bonds. The van der Waals surface area contributed by atoms with Crippen LogP contribution in [0.2, 0.25) is 5.02 Å². The number of aryl methyl sites for hydroxylation is 1. The van der Waals surface area contributed by atoms with Crippen molar-refractivity contribution in [3.63, 3.8) is 0 Å². The zero-order valence-electron chi connectivity index (χ0n) is 9.57. The van der Waals surface area contributed by atoms with Crippen molar-refractivity contribution in [1.82, 2.24) is 10.2 Å². The maximum Gasteiger partial charge on any atom is 0.320 e. The van der Waals surface area contributed by atoms with Gasteiger partial charge in [-0.1, -0.05) is 28.8 Å². The Hall–Kier alpha value is -1.59. The van der Waals surface area contributed by atoms with Crippen molar-refractivity contribution in [3.8, 4) is 0 Å². The molecule has 1 unspecified atom stereocenters. The summed E-state index contributed by atoms with van der Waals surface area (Å²) in [5.74, 6) is 0.386. The highest BCUT2D eigenvalue weighted by Gasteiger charge is 2.12. The Balaban J connectivity index is 2.25. The number of benzene rings is 1. The normalized spacial score (nSPS) is 12.5. The highest BCUT2D eigenvalue weighted by atomic mass is 35.5. The molecule has 0 aliphatic rings. The lowest BCUT2D eigenvalue weighted by Crippen LogP contribution is -2.04. The van der Waals surface area contributed by atoms with Crippen molar-refractivity contribution in [3.05, 3.63) is 34.7 Å². The van der Waals surface area contributed by atoms with Crippen molar-refractivity contribution in [2.24, 2.45) is 5.73 Å². The molecule has 3 N–H and O–H groups in total. The van der Waals surface area contributed by atoms with Crippen LogP contribution in [0.25, 0.3) is 0 Å². The molecule has 0 fully saturated rings. The lowest BCUT2D eigenvalue weighted by atomic mass is 10.2. The predicted molar refractivity (Wildman–Crippen MR) is 66.4 cm³/mol. The molecule has 1 aromatic carbocycles. The topological polar surface area (TPSA) is 77.0 Å². The summed E-state index contributed by atoms with van der Waals surface area (Å²) in [6.45, 7) is 3.72. The van der Waals surface area contributed by atoms with Crippen LogP contribution in [0.1, 0.15) is 24.4 Å². The fourth-order valence-electron chi connectivity index (χ4n) is 1.37. The molecular weight excluding hydrogens is 240 g/mol. The van der Waals surface area contributed by atoms with E-state index >= 15 is 0 Å². The number of rotatable bonds is 3. The van der Waals surface area contributed by atoms with E-state index in [1.807, 2.05) is 19.1 Å². The first-order valence-corrected chi connectivity index (χ1v) is 5.57. The second kappa shape index (κ2) is 4.73. The Bertz CT molecular complexity index is 504. The van der Waals surface area contributed by atoms with E-state index in [2.05, 4.69) is 15.5 Å². The third-order valence-corrected chi connectivity index (χ3v) is 2.60. The third kappa shape index (κ3) is 2.57. The zero-order chi connectivity index (χ0) is 12.4. The first-order chi connectivity index (χ1) is 8.08. The van der Waals surface area contributed by atoms with Gasteiger partial charge in [0.25, 0.3) is 0 Å². The molecule has 6 heteroatoms. The quantitative estimate of drug-likeness (QED) is 0.878. The lowest BCUT2D eigenvalue weighted by molar-refractivity contribution is 0.475. The molecule has 17 heavy (non-hydrogen) atoms. The predicted octanol–water partition coefficient (Wildman–Crippen LogP) is 2.79. The molecule has 0 saturated carbocycles. The molecule has 0 radical (unpaired) electrons. The van der Waals surface area contributed by atoms with E-state index in [1.165, 1.54) is 0 Å². The van der Waals surface area contributed by atoms with Crippen LogP contribution in [-0.2, 0) is 0 Å². The first kappa shape index (κ1) is 11.9. The van der Waals surface area contributed by atoms with Crippen LogP contribution in [0.4, 0.5) is 11.7 Å². The fourth-order valence-corrected chi connectivity index (χ4v) is 1.64. The van der Waals surface area contributed by atoms with Crippen molar-refractivity contribution in [2.75, 3.05) is 5.32 Å². The van der Waals surface area contributed by atoms with Gasteiger partial charge >= 0.3 is 6.01 Å². The highest BCUT2D eigenvalue weighted by Crippen LogP contribution is 2.28. The first-order valence-electron chi connectivity index (χ1n) is 5.19. The number of anilines is 2. The van der Waals surface area contributed by atoms with Gasteiger partial charge in [-0.05, 0) is 25.5 Å². The monoisotopic (exact) mass is 252 g/mol. The van der Waals surface area contributed by atoms with Gasteiger partial charge in [-0.25, -0.2) is 0 Å². The van der Waals surface area contributed by atoms with E-state index in [9.17, 15) is 0 Å². The number of para-hydroxylation sites is 1. The average Bonchev–Trinajstić information content (AvgIpc) is 2.72. The number of halogens is 1. The van der Waals surface area contributed by atoms with Gasteiger partial charge in [0.1, 0.15) is 0 Å². The molecule has 1 aromatic heterocycles. The van der Waals surface area contributed by atoms with Crippen molar-refractivity contribution >= 4 is 23.3 Å². The van der Waals surface area contributed by atoms with E-state index in [4.69, 9.17) is 21.8 Å². The van der Waals surface area contributed by atoms with Crippen molar-refractivity contribution in [2.45, 2.75) is 19.9 Å². The Morgan fingerprint density at radius 2 is 2.18 bits per heavy atom. The van der Waals surface area contributed by atoms with Gasteiger partial charge < -0.3 is 15.5 Å². The third-order valence-electron chi connectivity index (χ3n) is 2.28. The second-order valence-electron chi connectivity index (χ2n) is 3.79. The summed E-state index contributed by atoms with van der Waals surface area (Å²) in [6, 6.07) is 5.61. The molecule has 0 spiro atoms. The minimum atomic E-state index is -0.287. The van der Waals surface area contributed by atoms with Gasteiger partial charge in [-0.3, -0.25) is 0 Å². The number of nitrogens with one attached hydrogen (secondary N) is 1. The maximum atomic E-state index is 6.07. The summed E-state index contributed by atoms with van der Waals surface area (Å²) in [4.78, 5) is 0. The van der Waals surface area contributed by atoms with Gasteiger partial charge in [-0.15, -0.1) is 5.10 Å². The van der Waals surface area contributed by atoms with Crippen LogP contribution < -0.4 is 11.1 Å². The smallest absolute Gasteiger partial charge is 0.320 e.